The van der Waals surface area contributed by atoms with Gasteiger partial charge in [-0.05, 0) is 36.5 Å². The fraction of sp³-hybridized carbons (Fsp3) is 0.300. The lowest BCUT2D eigenvalue weighted by atomic mass is 10.1. The predicted octanol–water partition coefficient (Wildman–Crippen LogP) is 2.44. The fourth-order valence-corrected chi connectivity index (χ4v) is 1.62. The largest absolute Gasteiger partial charge is 0.345 e. The summed E-state index contributed by atoms with van der Waals surface area (Å²) in [6.45, 7) is 0. The smallest absolute Gasteiger partial charge is 0.0931 e. The highest BCUT2D eigenvalue weighted by Gasteiger charge is 2.23. The van der Waals surface area contributed by atoms with Gasteiger partial charge in [0.05, 0.1) is 17.4 Å². The number of rotatable bonds is 1. The molecule has 0 atom stereocenters. The van der Waals surface area contributed by atoms with Crippen molar-refractivity contribution in [1.29, 1.82) is 0 Å². The van der Waals surface area contributed by atoms with Gasteiger partial charge in [0.2, 0.25) is 0 Å². The van der Waals surface area contributed by atoms with Crippen LogP contribution in [0.4, 0.5) is 0 Å². The molecular formula is C10H10N2. The molecule has 60 valence electrons. The highest BCUT2D eigenvalue weighted by molar-refractivity contribution is 5.75. The predicted molar refractivity (Wildman–Crippen MR) is 48.1 cm³/mol. The second kappa shape index (κ2) is 2.09. The Labute approximate surface area is 70.6 Å². The van der Waals surface area contributed by atoms with Crippen LogP contribution in [0, 0.1) is 0 Å². The molecule has 0 unspecified atom stereocenters. The van der Waals surface area contributed by atoms with E-state index in [0.717, 1.165) is 11.4 Å². The summed E-state index contributed by atoms with van der Waals surface area (Å²) in [4.78, 5) is 7.32. The van der Waals surface area contributed by atoms with Crippen LogP contribution in [-0.4, -0.2) is 9.97 Å². The van der Waals surface area contributed by atoms with Gasteiger partial charge in [0.15, 0.2) is 0 Å². The topological polar surface area (TPSA) is 28.7 Å². The van der Waals surface area contributed by atoms with E-state index in [1.165, 1.54) is 23.9 Å². The van der Waals surface area contributed by atoms with Crippen molar-refractivity contribution in [3.05, 3.63) is 30.1 Å². The molecule has 2 aromatic rings. The molecule has 0 amide bonds. The molecule has 1 aromatic heterocycles. The Bertz CT molecular complexity index is 412. The monoisotopic (exact) mass is 158 g/mol. The summed E-state index contributed by atoms with van der Waals surface area (Å²) in [5.41, 5.74) is 3.70. The van der Waals surface area contributed by atoms with Crippen molar-refractivity contribution in [2.45, 2.75) is 18.8 Å². The standard InChI is InChI=1S/C10H10N2/c1-2-7(1)8-3-4-9-10(5-8)12-6-11-9/h3-7H,1-2H2,(H,11,12). The number of hydrogen-bond acceptors (Lipinski definition) is 1. The van der Waals surface area contributed by atoms with E-state index in [9.17, 15) is 0 Å². The van der Waals surface area contributed by atoms with E-state index < -0.39 is 0 Å². The first kappa shape index (κ1) is 6.23. The minimum absolute atomic E-state index is 0.831. The molecular weight excluding hydrogens is 148 g/mol. The third-order valence-corrected chi connectivity index (χ3v) is 2.49. The second-order valence-corrected chi connectivity index (χ2v) is 3.45. The summed E-state index contributed by atoms with van der Waals surface area (Å²) < 4.78 is 0. The zero-order chi connectivity index (χ0) is 7.97. The van der Waals surface area contributed by atoms with Gasteiger partial charge in [0.25, 0.3) is 0 Å². The number of nitrogens with zero attached hydrogens (tertiary/aromatic N) is 1. The van der Waals surface area contributed by atoms with Crippen LogP contribution in [0.5, 0.6) is 0 Å². The Morgan fingerprint density at radius 3 is 3.08 bits per heavy atom. The molecule has 1 heterocycles. The molecule has 1 aliphatic carbocycles. The maximum atomic E-state index is 4.18. The molecule has 12 heavy (non-hydrogen) atoms. The molecule has 1 aromatic carbocycles. The van der Waals surface area contributed by atoms with E-state index in [1.54, 1.807) is 6.33 Å². The summed E-state index contributed by atoms with van der Waals surface area (Å²) in [5.74, 6) is 0.831. The van der Waals surface area contributed by atoms with E-state index in [0.29, 0.717) is 0 Å². The minimum atomic E-state index is 0.831. The lowest BCUT2D eigenvalue weighted by Crippen LogP contribution is -1.78. The molecule has 0 bridgehead atoms. The van der Waals surface area contributed by atoms with Gasteiger partial charge in [-0.1, -0.05) is 6.07 Å². The summed E-state index contributed by atoms with van der Waals surface area (Å²) in [5, 5.41) is 0. The van der Waals surface area contributed by atoms with Crippen LogP contribution in [-0.2, 0) is 0 Å². The highest BCUT2D eigenvalue weighted by Crippen LogP contribution is 2.40. The summed E-state index contributed by atoms with van der Waals surface area (Å²) in [7, 11) is 0. The van der Waals surface area contributed by atoms with E-state index in [-0.39, 0.29) is 0 Å². The first-order chi connectivity index (χ1) is 5.93. The van der Waals surface area contributed by atoms with Crippen molar-refractivity contribution >= 4 is 11.0 Å². The molecule has 1 saturated carbocycles. The van der Waals surface area contributed by atoms with Crippen LogP contribution in [0.15, 0.2) is 24.5 Å². The van der Waals surface area contributed by atoms with Gasteiger partial charge in [-0.3, -0.25) is 0 Å². The van der Waals surface area contributed by atoms with Gasteiger partial charge < -0.3 is 4.98 Å². The lowest BCUT2D eigenvalue weighted by molar-refractivity contribution is 1.13. The van der Waals surface area contributed by atoms with E-state index >= 15 is 0 Å². The average Bonchev–Trinajstić information content (AvgIpc) is 2.84. The van der Waals surface area contributed by atoms with E-state index in [4.69, 9.17) is 0 Å². The van der Waals surface area contributed by atoms with Crippen molar-refractivity contribution < 1.29 is 0 Å². The normalized spacial score (nSPS) is 17.0. The SMILES string of the molecule is c1nc2ccc(C3CC3)cc2[nH]1. The van der Waals surface area contributed by atoms with Crippen LogP contribution < -0.4 is 0 Å². The second-order valence-electron chi connectivity index (χ2n) is 3.45. The molecule has 1 aliphatic rings. The Hall–Kier alpha value is -1.31. The van der Waals surface area contributed by atoms with E-state index in [1.807, 2.05) is 0 Å². The quantitative estimate of drug-likeness (QED) is 0.678. The maximum absolute atomic E-state index is 4.18. The number of aromatic amines is 1. The number of fused-ring (bicyclic) bond motifs is 1. The number of imidazole rings is 1. The van der Waals surface area contributed by atoms with Gasteiger partial charge in [0, 0.05) is 0 Å². The maximum Gasteiger partial charge on any atom is 0.0931 e. The zero-order valence-electron chi connectivity index (χ0n) is 6.75. The van der Waals surface area contributed by atoms with Gasteiger partial charge >= 0.3 is 0 Å². The van der Waals surface area contributed by atoms with Gasteiger partial charge in [-0.2, -0.15) is 0 Å². The van der Waals surface area contributed by atoms with Crippen LogP contribution >= 0.6 is 0 Å². The van der Waals surface area contributed by atoms with E-state index in [2.05, 4.69) is 28.2 Å². The summed E-state index contributed by atoms with van der Waals surface area (Å²) in [6.07, 6.45) is 4.47. The third kappa shape index (κ3) is 0.843. The number of benzene rings is 1. The molecule has 1 N–H and O–H groups in total. The molecule has 1 fully saturated rings. The van der Waals surface area contributed by atoms with Crippen LogP contribution in [0.25, 0.3) is 11.0 Å². The van der Waals surface area contributed by atoms with Crippen molar-refractivity contribution in [1.82, 2.24) is 9.97 Å². The Morgan fingerprint density at radius 2 is 2.25 bits per heavy atom. The highest BCUT2D eigenvalue weighted by atomic mass is 14.9. The Kier molecular flexibility index (Phi) is 1.09. The summed E-state index contributed by atoms with van der Waals surface area (Å²) >= 11 is 0. The van der Waals surface area contributed by atoms with Gasteiger partial charge in [-0.15, -0.1) is 0 Å². The number of hydrogen-bond donors (Lipinski definition) is 1. The van der Waals surface area contributed by atoms with Gasteiger partial charge in [-0.25, -0.2) is 4.98 Å². The Balaban J connectivity index is 2.21. The van der Waals surface area contributed by atoms with Crippen molar-refractivity contribution in [3.63, 3.8) is 0 Å². The lowest BCUT2D eigenvalue weighted by Gasteiger charge is -1.95. The van der Waals surface area contributed by atoms with Crippen molar-refractivity contribution in [2.75, 3.05) is 0 Å². The van der Waals surface area contributed by atoms with Gasteiger partial charge in [0.1, 0.15) is 0 Å². The first-order valence-electron chi connectivity index (χ1n) is 4.36. The molecule has 2 nitrogen and oxygen atoms in total. The van der Waals surface area contributed by atoms with Crippen LogP contribution in [0.2, 0.25) is 0 Å². The van der Waals surface area contributed by atoms with Crippen LogP contribution in [0.1, 0.15) is 24.3 Å². The molecule has 3 rings (SSSR count). The Morgan fingerprint density at radius 1 is 1.33 bits per heavy atom. The minimum Gasteiger partial charge on any atom is -0.345 e. The first-order valence-corrected chi connectivity index (χ1v) is 4.36. The molecule has 2 heteroatoms. The van der Waals surface area contributed by atoms with Crippen LogP contribution in [0.3, 0.4) is 0 Å². The molecule has 0 aliphatic heterocycles. The fourth-order valence-electron chi connectivity index (χ4n) is 1.62. The van der Waals surface area contributed by atoms with Crippen molar-refractivity contribution in [3.8, 4) is 0 Å². The molecule has 0 spiro atoms. The number of nitrogens with one attached hydrogen (secondary N) is 1. The molecule has 0 saturated heterocycles. The zero-order valence-corrected chi connectivity index (χ0v) is 6.75. The number of H-pyrrole nitrogens is 1. The third-order valence-electron chi connectivity index (χ3n) is 2.49. The summed E-state index contributed by atoms with van der Waals surface area (Å²) in [6, 6.07) is 6.51. The number of aromatic nitrogens is 2. The molecule has 0 radical (unpaired) electrons. The van der Waals surface area contributed by atoms with Crippen molar-refractivity contribution in [2.24, 2.45) is 0 Å². The average molecular weight is 158 g/mol.